The van der Waals surface area contributed by atoms with E-state index in [0.717, 1.165) is 18.4 Å². The van der Waals surface area contributed by atoms with Crippen LogP contribution in [0, 0.1) is 11.8 Å². The third kappa shape index (κ3) is 2.55. The van der Waals surface area contributed by atoms with Crippen molar-refractivity contribution in [2.24, 2.45) is 11.8 Å². The molecular formula is C11H15N3O2. The average molecular weight is 221 g/mol. The highest BCUT2D eigenvalue weighted by atomic mass is 16.4. The zero-order valence-electron chi connectivity index (χ0n) is 9.18. The summed E-state index contributed by atoms with van der Waals surface area (Å²) in [5.41, 5.74) is 0.731. The van der Waals surface area contributed by atoms with Crippen molar-refractivity contribution in [3.8, 4) is 0 Å². The molecule has 1 aromatic rings. The molecule has 0 bridgehead atoms. The molecule has 0 aliphatic heterocycles. The van der Waals surface area contributed by atoms with Gasteiger partial charge >= 0.3 is 5.97 Å². The molecule has 1 aliphatic carbocycles. The molecule has 2 rings (SSSR count). The Hall–Kier alpha value is -1.49. The molecule has 1 heterocycles. The lowest BCUT2D eigenvalue weighted by atomic mass is 10.2. The monoisotopic (exact) mass is 221 g/mol. The Kier molecular flexibility index (Phi) is 3.14. The second-order valence-corrected chi connectivity index (χ2v) is 4.29. The third-order valence-corrected chi connectivity index (χ3v) is 3.00. The molecule has 0 radical (unpaired) electrons. The minimum Gasteiger partial charge on any atom is -0.478 e. The summed E-state index contributed by atoms with van der Waals surface area (Å²) in [6.45, 7) is 3.65. The molecule has 2 unspecified atom stereocenters. The fraction of sp³-hybridized carbons (Fsp3) is 0.545. The molecular weight excluding hydrogens is 206 g/mol. The van der Waals surface area contributed by atoms with Crippen LogP contribution in [0.3, 0.4) is 0 Å². The molecule has 0 saturated heterocycles. The summed E-state index contributed by atoms with van der Waals surface area (Å²) in [5, 5.41) is 12.2. The number of carboxylic acids is 1. The highest BCUT2D eigenvalue weighted by Gasteiger charge is 2.31. The highest BCUT2D eigenvalue weighted by molar-refractivity contribution is 5.88. The Morgan fingerprint density at radius 2 is 2.44 bits per heavy atom. The molecule has 1 aliphatic rings. The summed E-state index contributed by atoms with van der Waals surface area (Å²) in [5.74, 6) is 0.573. The van der Waals surface area contributed by atoms with Crippen molar-refractivity contribution >= 4 is 5.97 Å². The van der Waals surface area contributed by atoms with Crippen molar-refractivity contribution in [2.45, 2.75) is 19.9 Å². The minimum absolute atomic E-state index is 0.179. The van der Waals surface area contributed by atoms with Gasteiger partial charge in [-0.15, -0.1) is 0 Å². The zero-order valence-corrected chi connectivity index (χ0v) is 9.18. The predicted octanol–water partition coefficient (Wildman–Crippen LogP) is 0.920. The zero-order chi connectivity index (χ0) is 11.5. The number of carboxylic acid groups (broad SMARTS) is 1. The Morgan fingerprint density at radius 1 is 1.69 bits per heavy atom. The van der Waals surface area contributed by atoms with Gasteiger partial charge in [0.25, 0.3) is 0 Å². The normalized spacial score (nSPS) is 23.1. The van der Waals surface area contributed by atoms with Gasteiger partial charge in [-0.05, 0) is 24.8 Å². The first-order chi connectivity index (χ1) is 7.68. The molecule has 1 aromatic heterocycles. The number of nitrogens with zero attached hydrogens (tertiary/aromatic N) is 2. The van der Waals surface area contributed by atoms with Gasteiger partial charge in [-0.3, -0.25) is 0 Å². The molecule has 0 spiro atoms. The van der Waals surface area contributed by atoms with E-state index in [9.17, 15) is 4.79 Å². The summed E-state index contributed by atoms with van der Waals surface area (Å²) in [7, 11) is 0. The van der Waals surface area contributed by atoms with Crippen LogP contribution in [-0.4, -0.2) is 27.6 Å². The maximum absolute atomic E-state index is 10.9. The van der Waals surface area contributed by atoms with Crippen molar-refractivity contribution in [1.82, 2.24) is 15.3 Å². The standard InChI is InChI=1S/C11H15N3O2/c1-7-2-8(7)3-12-5-10-9(11(15)16)4-13-6-14-10/h4,6-8,12H,2-3,5H2,1H3,(H,15,16). The highest BCUT2D eigenvalue weighted by Crippen LogP contribution is 2.36. The summed E-state index contributed by atoms with van der Waals surface area (Å²) in [6.07, 6.45) is 3.98. The lowest BCUT2D eigenvalue weighted by Gasteiger charge is -2.05. The third-order valence-electron chi connectivity index (χ3n) is 3.00. The van der Waals surface area contributed by atoms with Crippen LogP contribution < -0.4 is 5.32 Å². The maximum atomic E-state index is 10.9. The Bertz CT molecular complexity index is 395. The Labute approximate surface area is 93.9 Å². The minimum atomic E-state index is -0.975. The van der Waals surface area contributed by atoms with Gasteiger partial charge in [0.15, 0.2) is 0 Å². The van der Waals surface area contributed by atoms with Crippen LogP contribution in [0.5, 0.6) is 0 Å². The first-order valence-corrected chi connectivity index (χ1v) is 5.41. The number of aromatic carboxylic acids is 1. The van der Waals surface area contributed by atoms with E-state index in [1.165, 1.54) is 18.9 Å². The van der Waals surface area contributed by atoms with Gasteiger partial charge in [-0.2, -0.15) is 0 Å². The maximum Gasteiger partial charge on any atom is 0.339 e. The summed E-state index contributed by atoms with van der Waals surface area (Å²) < 4.78 is 0. The number of aromatic nitrogens is 2. The second-order valence-electron chi connectivity index (χ2n) is 4.29. The predicted molar refractivity (Wildman–Crippen MR) is 58.0 cm³/mol. The Morgan fingerprint density at radius 3 is 3.06 bits per heavy atom. The van der Waals surface area contributed by atoms with E-state index in [4.69, 9.17) is 5.11 Å². The van der Waals surface area contributed by atoms with E-state index in [1.807, 2.05) is 0 Å². The van der Waals surface area contributed by atoms with Gasteiger partial charge in [0.2, 0.25) is 0 Å². The number of hydrogen-bond acceptors (Lipinski definition) is 4. The summed E-state index contributed by atoms with van der Waals surface area (Å²) in [6, 6.07) is 0. The second kappa shape index (κ2) is 4.57. The van der Waals surface area contributed by atoms with Crippen molar-refractivity contribution < 1.29 is 9.90 Å². The smallest absolute Gasteiger partial charge is 0.339 e. The quantitative estimate of drug-likeness (QED) is 0.773. The van der Waals surface area contributed by atoms with E-state index in [1.54, 1.807) is 0 Å². The van der Waals surface area contributed by atoms with E-state index in [-0.39, 0.29) is 5.56 Å². The van der Waals surface area contributed by atoms with Gasteiger partial charge in [0, 0.05) is 12.7 Å². The molecule has 16 heavy (non-hydrogen) atoms. The first-order valence-electron chi connectivity index (χ1n) is 5.41. The number of carbonyl (C=O) groups is 1. The first kappa shape index (κ1) is 11.0. The molecule has 5 nitrogen and oxygen atoms in total. The number of nitrogens with one attached hydrogen (secondary N) is 1. The van der Waals surface area contributed by atoms with Crippen LogP contribution in [0.1, 0.15) is 29.4 Å². The molecule has 86 valence electrons. The number of rotatable bonds is 5. The van der Waals surface area contributed by atoms with Crippen molar-refractivity contribution in [3.63, 3.8) is 0 Å². The van der Waals surface area contributed by atoms with E-state index in [2.05, 4.69) is 22.2 Å². The van der Waals surface area contributed by atoms with Crippen LogP contribution in [0.15, 0.2) is 12.5 Å². The van der Waals surface area contributed by atoms with E-state index >= 15 is 0 Å². The van der Waals surface area contributed by atoms with Crippen molar-refractivity contribution in [2.75, 3.05) is 6.54 Å². The Balaban J connectivity index is 1.90. The van der Waals surface area contributed by atoms with Crippen LogP contribution in [0.4, 0.5) is 0 Å². The van der Waals surface area contributed by atoms with Gasteiger partial charge in [-0.25, -0.2) is 14.8 Å². The SMILES string of the molecule is CC1CC1CNCc1ncncc1C(=O)O. The fourth-order valence-corrected chi connectivity index (χ4v) is 1.73. The lowest BCUT2D eigenvalue weighted by Crippen LogP contribution is -2.20. The van der Waals surface area contributed by atoms with Crippen molar-refractivity contribution in [3.05, 3.63) is 23.8 Å². The lowest BCUT2D eigenvalue weighted by molar-refractivity contribution is 0.0694. The van der Waals surface area contributed by atoms with Crippen molar-refractivity contribution in [1.29, 1.82) is 0 Å². The van der Waals surface area contributed by atoms with E-state index < -0.39 is 5.97 Å². The van der Waals surface area contributed by atoms with Gasteiger partial charge < -0.3 is 10.4 Å². The molecule has 1 saturated carbocycles. The average Bonchev–Trinajstić information content (AvgIpc) is 2.95. The summed E-state index contributed by atoms with van der Waals surface area (Å²) >= 11 is 0. The topological polar surface area (TPSA) is 75.1 Å². The molecule has 1 fully saturated rings. The number of hydrogen-bond donors (Lipinski definition) is 2. The van der Waals surface area contributed by atoms with Crippen LogP contribution in [0.2, 0.25) is 0 Å². The van der Waals surface area contributed by atoms with Gasteiger partial charge in [-0.1, -0.05) is 6.92 Å². The molecule has 0 aromatic carbocycles. The molecule has 2 N–H and O–H groups in total. The largest absolute Gasteiger partial charge is 0.478 e. The molecule has 2 atom stereocenters. The van der Waals surface area contributed by atoms with Crippen LogP contribution >= 0.6 is 0 Å². The molecule has 5 heteroatoms. The molecule has 0 amide bonds. The fourth-order valence-electron chi connectivity index (χ4n) is 1.73. The summed E-state index contributed by atoms with van der Waals surface area (Å²) in [4.78, 5) is 18.6. The van der Waals surface area contributed by atoms with Crippen LogP contribution in [-0.2, 0) is 6.54 Å². The van der Waals surface area contributed by atoms with Crippen LogP contribution in [0.25, 0.3) is 0 Å². The van der Waals surface area contributed by atoms with E-state index in [0.29, 0.717) is 12.2 Å². The van der Waals surface area contributed by atoms with Gasteiger partial charge in [0.1, 0.15) is 11.9 Å². The van der Waals surface area contributed by atoms with Gasteiger partial charge in [0.05, 0.1) is 5.69 Å².